The number of carboxylic acids is 1. The van der Waals surface area contributed by atoms with Crippen molar-refractivity contribution in [2.24, 2.45) is 10.9 Å². The van der Waals surface area contributed by atoms with Gasteiger partial charge >= 0.3 is 5.97 Å². The fourth-order valence-electron chi connectivity index (χ4n) is 3.59. The summed E-state index contributed by atoms with van der Waals surface area (Å²) in [7, 11) is 0. The van der Waals surface area contributed by atoms with Crippen LogP contribution in [0.2, 0.25) is 0 Å². The first-order valence-corrected chi connectivity index (χ1v) is 10.6. The highest BCUT2D eigenvalue weighted by Gasteiger charge is 2.43. The van der Waals surface area contributed by atoms with Crippen molar-refractivity contribution in [1.29, 1.82) is 0 Å². The van der Waals surface area contributed by atoms with E-state index in [2.05, 4.69) is 31.4 Å². The molecule has 4 N–H and O–H groups in total. The summed E-state index contributed by atoms with van der Waals surface area (Å²) in [5, 5.41) is 20.3. The molecular formula is C21H24FN7O4. The number of ether oxygens (including phenoxy) is 1. The van der Waals surface area contributed by atoms with Crippen LogP contribution in [0.4, 0.5) is 21.6 Å². The Hall–Kier alpha value is -3.80. The molecule has 1 aromatic heterocycles. The summed E-state index contributed by atoms with van der Waals surface area (Å²) in [6, 6.07) is 8.32. The number of hydrogen-bond donors (Lipinski definition) is 4. The number of alkyl halides is 1. The highest BCUT2D eigenvalue weighted by molar-refractivity contribution is 5.97. The number of para-hydroxylation sites is 2. The molecular weight excluding hydrogens is 433 g/mol. The third-order valence-corrected chi connectivity index (χ3v) is 5.25. The van der Waals surface area contributed by atoms with Crippen molar-refractivity contribution in [2.45, 2.75) is 32.0 Å². The Labute approximate surface area is 189 Å². The van der Waals surface area contributed by atoms with Crippen molar-refractivity contribution >= 4 is 35.4 Å². The summed E-state index contributed by atoms with van der Waals surface area (Å²) in [5.41, 5.74) is 5.75. The van der Waals surface area contributed by atoms with Gasteiger partial charge in [-0.2, -0.15) is 5.43 Å². The molecule has 2 aliphatic rings. The number of carbonyl (C=O) groups is 2. The number of nitrogens with zero attached hydrogens (tertiary/aromatic N) is 4. The average Bonchev–Trinajstić information content (AvgIpc) is 3.55. The van der Waals surface area contributed by atoms with Crippen LogP contribution in [0.1, 0.15) is 36.7 Å². The Bertz CT molecular complexity index is 1080. The van der Waals surface area contributed by atoms with Crippen LogP contribution in [0.3, 0.4) is 0 Å². The Morgan fingerprint density at radius 3 is 2.73 bits per heavy atom. The summed E-state index contributed by atoms with van der Waals surface area (Å²) in [6.45, 7) is 1.40. The van der Waals surface area contributed by atoms with Crippen LogP contribution in [0.15, 0.2) is 35.3 Å². The molecule has 1 aliphatic heterocycles. The zero-order valence-electron chi connectivity index (χ0n) is 17.9. The van der Waals surface area contributed by atoms with Gasteiger partial charge in [-0.15, -0.1) is 10.2 Å². The number of hydrogen-bond acceptors (Lipinski definition) is 9. The second-order valence-electron chi connectivity index (χ2n) is 7.55. The van der Waals surface area contributed by atoms with Crippen molar-refractivity contribution in [2.75, 3.05) is 23.5 Å². The molecule has 1 saturated carbocycles. The van der Waals surface area contributed by atoms with Gasteiger partial charge in [0.2, 0.25) is 11.7 Å². The first-order valence-electron chi connectivity index (χ1n) is 10.6. The molecule has 1 unspecified atom stereocenters. The minimum absolute atomic E-state index is 0.0533. The van der Waals surface area contributed by atoms with Crippen molar-refractivity contribution in [1.82, 2.24) is 21.0 Å². The van der Waals surface area contributed by atoms with E-state index in [9.17, 15) is 19.1 Å². The van der Waals surface area contributed by atoms with Crippen LogP contribution in [-0.4, -0.2) is 52.6 Å². The van der Waals surface area contributed by atoms with E-state index in [1.807, 2.05) is 6.92 Å². The van der Waals surface area contributed by atoms with Crippen LogP contribution >= 0.6 is 0 Å². The summed E-state index contributed by atoms with van der Waals surface area (Å²) >= 11 is 0. The van der Waals surface area contributed by atoms with Gasteiger partial charge in [0, 0.05) is 18.4 Å². The predicted octanol–water partition coefficient (Wildman–Crippen LogP) is 2.21. The molecule has 2 aromatic rings. The number of carbonyl (C=O) groups excluding carboxylic acids is 1. The van der Waals surface area contributed by atoms with Crippen LogP contribution in [0.25, 0.3) is 0 Å². The number of anilines is 3. The Kier molecular flexibility index (Phi) is 6.36. The third-order valence-electron chi connectivity index (χ3n) is 5.25. The molecule has 0 spiro atoms. The van der Waals surface area contributed by atoms with E-state index in [0.29, 0.717) is 18.0 Å². The van der Waals surface area contributed by atoms with E-state index in [0.717, 1.165) is 12.8 Å². The predicted molar refractivity (Wildman–Crippen MR) is 118 cm³/mol. The third kappa shape index (κ3) is 4.55. The Balaban J connectivity index is 1.90. The van der Waals surface area contributed by atoms with Crippen LogP contribution in [0.5, 0.6) is 5.75 Å². The van der Waals surface area contributed by atoms with Gasteiger partial charge in [-0.1, -0.05) is 12.1 Å². The molecule has 11 nitrogen and oxygen atoms in total. The summed E-state index contributed by atoms with van der Waals surface area (Å²) < 4.78 is 19.5. The zero-order chi connectivity index (χ0) is 23.4. The lowest BCUT2D eigenvalue weighted by atomic mass is 10.1. The van der Waals surface area contributed by atoms with Gasteiger partial charge < -0.3 is 20.6 Å². The molecule has 0 saturated heterocycles. The molecule has 1 atom stereocenters. The smallest absolute Gasteiger partial charge is 0.358 e. The fraction of sp³-hybridized carbons (Fsp3) is 0.381. The van der Waals surface area contributed by atoms with Crippen LogP contribution in [-0.2, 0) is 4.79 Å². The van der Waals surface area contributed by atoms with E-state index < -0.39 is 24.1 Å². The van der Waals surface area contributed by atoms with Crippen molar-refractivity contribution in [3.63, 3.8) is 0 Å². The fourth-order valence-corrected chi connectivity index (χ4v) is 3.59. The lowest BCUT2D eigenvalue weighted by Gasteiger charge is -2.40. The quantitative estimate of drug-likeness (QED) is 0.422. The van der Waals surface area contributed by atoms with E-state index >= 15 is 0 Å². The lowest BCUT2D eigenvalue weighted by molar-refractivity contribution is -0.117. The molecule has 4 rings (SSSR count). The number of aliphatic imine (C=N–C) groups is 1. The van der Waals surface area contributed by atoms with Crippen LogP contribution in [0, 0.1) is 5.92 Å². The molecule has 0 bridgehead atoms. The number of aromatic nitrogens is 2. The molecule has 174 valence electrons. The second-order valence-corrected chi connectivity index (χ2v) is 7.55. The Morgan fingerprint density at radius 2 is 2.09 bits per heavy atom. The highest BCUT2D eigenvalue weighted by Crippen LogP contribution is 2.42. The minimum Gasteiger partial charge on any atom is -0.492 e. The first kappa shape index (κ1) is 22.4. The molecule has 1 aromatic carbocycles. The van der Waals surface area contributed by atoms with Crippen LogP contribution < -0.4 is 25.8 Å². The normalized spacial score (nSPS) is 19.1. The maximum absolute atomic E-state index is 13.7. The molecule has 2 heterocycles. The minimum atomic E-state index is -1.44. The second kappa shape index (κ2) is 9.36. The van der Waals surface area contributed by atoms with Gasteiger partial charge in [-0.05, 0) is 31.9 Å². The van der Waals surface area contributed by atoms with Crippen molar-refractivity contribution in [3.05, 3.63) is 36.0 Å². The van der Waals surface area contributed by atoms with Gasteiger partial charge in [0.05, 0.1) is 24.7 Å². The SMILES string of the molecule is CCOc1ccccc1N(c1cc(NC(=O)C2CC2)nnc1C(=O)O)C1(CCF)N=CNN1. The van der Waals surface area contributed by atoms with Gasteiger partial charge in [0.25, 0.3) is 0 Å². The zero-order valence-corrected chi connectivity index (χ0v) is 17.9. The van der Waals surface area contributed by atoms with Gasteiger partial charge in [0.15, 0.2) is 11.5 Å². The van der Waals surface area contributed by atoms with E-state index in [1.165, 1.54) is 17.3 Å². The largest absolute Gasteiger partial charge is 0.492 e. The van der Waals surface area contributed by atoms with Gasteiger partial charge in [-0.3, -0.25) is 14.1 Å². The van der Waals surface area contributed by atoms with E-state index in [4.69, 9.17) is 4.74 Å². The number of carboxylic acid groups (broad SMARTS) is 1. The topological polar surface area (TPSA) is 141 Å². The molecule has 1 aliphatic carbocycles. The number of aromatic carboxylic acids is 1. The maximum atomic E-state index is 13.7. The van der Waals surface area contributed by atoms with Gasteiger partial charge in [0.1, 0.15) is 12.1 Å². The summed E-state index contributed by atoms with van der Waals surface area (Å²) in [5.74, 6) is -2.58. The number of amides is 1. The van der Waals surface area contributed by atoms with Crippen molar-refractivity contribution < 1.29 is 23.8 Å². The highest BCUT2D eigenvalue weighted by atomic mass is 19.1. The number of hydrazine groups is 1. The molecule has 12 heteroatoms. The molecule has 1 fully saturated rings. The average molecular weight is 457 g/mol. The molecule has 1 amide bonds. The number of rotatable bonds is 10. The monoisotopic (exact) mass is 457 g/mol. The molecule has 33 heavy (non-hydrogen) atoms. The van der Waals surface area contributed by atoms with E-state index in [-0.39, 0.29) is 29.8 Å². The molecule has 0 radical (unpaired) electrons. The Morgan fingerprint density at radius 1 is 1.30 bits per heavy atom. The standard InChI is InChI=1S/C21H24FN7O4/c1-2-33-16-6-4-3-5-14(16)29(21(9-10-22)23-12-24-28-21)15-11-17(25-19(30)13-7-8-13)26-27-18(15)20(31)32/h3-6,11-13,28H,2,7-10H2,1H3,(H,23,24)(H,31,32)(H,25,26,30). The summed E-state index contributed by atoms with van der Waals surface area (Å²) in [4.78, 5) is 30.3. The number of nitrogens with one attached hydrogen (secondary N) is 3. The van der Waals surface area contributed by atoms with Gasteiger partial charge in [-0.25, -0.2) is 9.79 Å². The lowest BCUT2D eigenvalue weighted by Crippen LogP contribution is -2.57. The number of benzene rings is 1. The van der Waals surface area contributed by atoms with Crippen molar-refractivity contribution in [3.8, 4) is 5.75 Å². The first-order chi connectivity index (χ1) is 16.0. The number of halogens is 1. The summed E-state index contributed by atoms with van der Waals surface area (Å²) in [6.07, 6.45) is 2.80. The maximum Gasteiger partial charge on any atom is 0.358 e. The van der Waals surface area contributed by atoms with E-state index in [1.54, 1.807) is 24.3 Å².